The fourth-order valence-electron chi connectivity index (χ4n) is 3.93. The van der Waals surface area contributed by atoms with E-state index in [4.69, 9.17) is 14.6 Å². The molecule has 0 fully saturated rings. The number of carbonyl (C=O) groups is 3. The Hall–Kier alpha value is -4.17. The Morgan fingerprint density at radius 2 is 1.69 bits per heavy atom. The predicted octanol–water partition coefficient (Wildman–Crippen LogP) is 5.86. The van der Waals surface area contributed by atoms with Gasteiger partial charge in [-0.15, -0.1) is 0 Å². The number of fused-ring (bicyclic) bond motifs is 1. The van der Waals surface area contributed by atoms with Crippen LogP contribution in [0.3, 0.4) is 0 Å². The number of aromatic hydroxyl groups is 1. The Kier molecular flexibility index (Phi) is 9.19. The first kappa shape index (κ1) is 26.4. The van der Waals surface area contributed by atoms with E-state index in [9.17, 15) is 19.5 Å². The number of amides is 1. The fraction of sp³-hybridized carbons (Fsp3) is 0.250. The number of aliphatic carboxylic acids is 1. The number of Topliss-reactive ketones (excluding diaryl/α,β-unsaturated/α-hetero) is 1. The molecule has 0 heterocycles. The predicted molar refractivity (Wildman–Crippen MR) is 136 cm³/mol. The summed E-state index contributed by atoms with van der Waals surface area (Å²) in [5.74, 6) is -1.03. The molecule has 0 spiro atoms. The Balaban J connectivity index is 1.93. The molecular weight excluding hydrogens is 462 g/mol. The molecule has 0 unspecified atom stereocenters. The maximum atomic E-state index is 12.9. The Morgan fingerprint density at radius 1 is 1.00 bits per heavy atom. The first-order valence-electron chi connectivity index (χ1n) is 11.6. The lowest BCUT2D eigenvalue weighted by Crippen LogP contribution is -2.29. The van der Waals surface area contributed by atoms with Gasteiger partial charge in [-0.25, -0.2) is 9.59 Å². The van der Waals surface area contributed by atoms with Crippen LogP contribution in [0, 0.1) is 0 Å². The monoisotopic (exact) mass is 491 g/mol. The van der Waals surface area contributed by atoms with Crippen LogP contribution in [-0.2, 0) is 14.3 Å². The molecule has 0 saturated heterocycles. The molecule has 2 atom stereocenters. The molecule has 3 N–H and O–H groups in total. The molecule has 8 nitrogen and oxygen atoms in total. The van der Waals surface area contributed by atoms with E-state index in [1.54, 1.807) is 48.5 Å². The summed E-state index contributed by atoms with van der Waals surface area (Å²) >= 11 is 0. The standard InChI is InChI=1S/C28H29NO7/c1-3-35-25(10-6-7-11-26(32)33)27(23-16-17-24(31)22-9-5-4-8-21(22)23)36-28(34)29-20-14-12-19(13-15-20)18(2)30/h4-5,7-9,11-17,25,27,31H,3,6,10H2,1-2H3,(H,29,34)(H,32,33)/b11-7+/t25-,27-/m0/s1. The van der Waals surface area contributed by atoms with Crippen molar-refractivity contribution in [1.29, 1.82) is 0 Å². The molecule has 1 amide bonds. The number of anilines is 1. The minimum atomic E-state index is -1.05. The SMILES string of the molecule is CCO[C@@H](CC/C=C/C(=O)O)[C@@H](OC(=O)Nc1ccc(C(C)=O)cc1)c1ccc(O)c2ccccc12. The Labute approximate surface area is 209 Å². The van der Waals surface area contributed by atoms with E-state index in [1.807, 2.05) is 19.1 Å². The highest BCUT2D eigenvalue weighted by Crippen LogP contribution is 2.36. The number of carboxylic acid groups (broad SMARTS) is 1. The molecule has 0 aliphatic rings. The van der Waals surface area contributed by atoms with Crippen molar-refractivity contribution in [3.63, 3.8) is 0 Å². The van der Waals surface area contributed by atoms with Crippen LogP contribution in [0.1, 0.15) is 48.7 Å². The molecule has 36 heavy (non-hydrogen) atoms. The maximum Gasteiger partial charge on any atom is 0.412 e. The highest BCUT2D eigenvalue weighted by Gasteiger charge is 2.29. The summed E-state index contributed by atoms with van der Waals surface area (Å²) in [7, 11) is 0. The van der Waals surface area contributed by atoms with Crippen LogP contribution in [0.4, 0.5) is 10.5 Å². The van der Waals surface area contributed by atoms with Gasteiger partial charge in [-0.3, -0.25) is 10.1 Å². The van der Waals surface area contributed by atoms with Crippen LogP contribution < -0.4 is 5.32 Å². The van der Waals surface area contributed by atoms with Crippen LogP contribution in [-0.4, -0.2) is 40.8 Å². The number of carboxylic acids is 1. The molecular formula is C28H29NO7. The molecule has 3 rings (SSSR count). The summed E-state index contributed by atoms with van der Waals surface area (Å²) in [5, 5.41) is 23.2. The van der Waals surface area contributed by atoms with Crippen molar-refractivity contribution >= 4 is 34.3 Å². The second kappa shape index (κ2) is 12.5. The molecule has 0 aliphatic heterocycles. The van der Waals surface area contributed by atoms with Crippen molar-refractivity contribution in [1.82, 2.24) is 0 Å². The molecule has 188 valence electrons. The van der Waals surface area contributed by atoms with Crippen LogP contribution in [0.2, 0.25) is 0 Å². The topological polar surface area (TPSA) is 122 Å². The van der Waals surface area contributed by atoms with Crippen molar-refractivity contribution in [3.8, 4) is 5.75 Å². The molecule has 8 heteroatoms. The molecule has 3 aromatic carbocycles. The molecule has 0 radical (unpaired) electrons. The van der Waals surface area contributed by atoms with Crippen molar-refractivity contribution in [2.45, 2.75) is 38.9 Å². The van der Waals surface area contributed by atoms with Gasteiger partial charge in [-0.1, -0.05) is 36.4 Å². The number of hydrogen-bond acceptors (Lipinski definition) is 6. The van der Waals surface area contributed by atoms with Crippen LogP contribution in [0.25, 0.3) is 10.8 Å². The molecule has 0 saturated carbocycles. The van der Waals surface area contributed by atoms with Crippen molar-refractivity contribution in [2.24, 2.45) is 0 Å². The second-order valence-corrected chi connectivity index (χ2v) is 8.12. The van der Waals surface area contributed by atoms with Crippen molar-refractivity contribution in [2.75, 3.05) is 11.9 Å². The average molecular weight is 492 g/mol. The van der Waals surface area contributed by atoms with E-state index >= 15 is 0 Å². The lowest BCUT2D eigenvalue weighted by atomic mass is 9.94. The van der Waals surface area contributed by atoms with Gasteiger partial charge in [-0.05, 0) is 62.4 Å². The van der Waals surface area contributed by atoms with Gasteiger partial charge in [0.05, 0.1) is 6.10 Å². The van der Waals surface area contributed by atoms with Gasteiger partial charge < -0.3 is 19.7 Å². The normalized spacial score (nSPS) is 12.8. The van der Waals surface area contributed by atoms with Gasteiger partial charge in [0.2, 0.25) is 0 Å². The second-order valence-electron chi connectivity index (χ2n) is 8.12. The summed E-state index contributed by atoms with van der Waals surface area (Å²) in [6, 6.07) is 16.9. The number of phenols is 1. The minimum absolute atomic E-state index is 0.0834. The van der Waals surface area contributed by atoms with Crippen LogP contribution >= 0.6 is 0 Å². The Morgan fingerprint density at radius 3 is 2.33 bits per heavy atom. The molecule has 3 aromatic rings. The number of hydrogen-bond donors (Lipinski definition) is 3. The van der Waals surface area contributed by atoms with Gasteiger partial charge in [0.15, 0.2) is 11.9 Å². The lowest BCUT2D eigenvalue weighted by Gasteiger charge is -2.28. The van der Waals surface area contributed by atoms with E-state index in [0.29, 0.717) is 47.0 Å². The molecule has 0 bridgehead atoms. The minimum Gasteiger partial charge on any atom is -0.507 e. The molecule has 0 aromatic heterocycles. The zero-order valence-electron chi connectivity index (χ0n) is 20.1. The molecule has 0 aliphatic carbocycles. The number of carbonyl (C=O) groups excluding carboxylic acids is 2. The maximum absolute atomic E-state index is 12.9. The summed E-state index contributed by atoms with van der Waals surface area (Å²) in [5.41, 5.74) is 1.62. The van der Waals surface area contributed by atoms with E-state index in [1.165, 1.54) is 13.0 Å². The third-order valence-electron chi connectivity index (χ3n) is 5.61. The zero-order chi connectivity index (χ0) is 26.1. The van der Waals surface area contributed by atoms with Crippen LogP contribution in [0.15, 0.2) is 72.8 Å². The van der Waals surface area contributed by atoms with E-state index in [-0.39, 0.29) is 11.5 Å². The Bertz CT molecular complexity index is 1250. The summed E-state index contributed by atoms with van der Waals surface area (Å²) in [4.78, 5) is 35.3. The number of nitrogens with one attached hydrogen (secondary N) is 1. The summed E-state index contributed by atoms with van der Waals surface area (Å²) in [6.45, 7) is 3.63. The fourth-order valence-corrected chi connectivity index (χ4v) is 3.93. The first-order valence-corrected chi connectivity index (χ1v) is 11.6. The third kappa shape index (κ3) is 6.93. The third-order valence-corrected chi connectivity index (χ3v) is 5.61. The number of allylic oxidation sites excluding steroid dienone is 1. The van der Waals surface area contributed by atoms with Gasteiger partial charge in [0.1, 0.15) is 5.75 Å². The van der Waals surface area contributed by atoms with Crippen molar-refractivity contribution < 1.29 is 34.1 Å². The largest absolute Gasteiger partial charge is 0.507 e. The van der Waals surface area contributed by atoms with E-state index in [2.05, 4.69) is 5.32 Å². The smallest absolute Gasteiger partial charge is 0.412 e. The number of phenolic OH excluding ortho intramolecular Hbond substituents is 1. The van der Waals surface area contributed by atoms with E-state index < -0.39 is 24.3 Å². The lowest BCUT2D eigenvalue weighted by molar-refractivity contribution is -0.131. The highest BCUT2D eigenvalue weighted by atomic mass is 16.6. The number of ether oxygens (including phenoxy) is 2. The van der Waals surface area contributed by atoms with Gasteiger partial charge in [-0.2, -0.15) is 0 Å². The number of rotatable bonds is 11. The van der Waals surface area contributed by atoms with Gasteiger partial charge in [0, 0.05) is 34.9 Å². The van der Waals surface area contributed by atoms with E-state index in [0.717, 1.165) is 6.08 Å². The van der Waals surface area contributed by atoms with Gasteiger partial charge >= 0.3 is 12.1 Å². The summed E-state index contributed by atoms with van der Waals surface area (Å²) in [6.07, 6.45) is 1.19. The van der Waals surface area contributed by atoms with Crippen LogP contribution in [0.5, 0.6) is 5.75 Å². The van der Waals surface area contributed by atoms with Gasteiger partial charge in [0.25, 0.3) is 0 Å². The zero-order valence-corrected chi connectivity index (χ0v) is 20.1. The number of ketones is 1. The average Bonchev–Trinajstić information content (AvgIpc) is 2.85. The number of benzene rings is 3. The summed E-state index contributed by atoms with van der Waals surface area (Å²) < 4.78 is 11.8. The quantitative estimate of drug-likeness (QED) is 0.227. The first-order chi connectivity index (χ1) is 17.3. The van der Waals surface area contributed by atoms with Crippen molar-refractivity contribution in [3.05, 3.63) is 83.9 Å². The highest BCUT2D eigenvalue weighted by molar-refractivity contribution is 5.95.